The SMILES string of the molecule is CN1CCc2cccc(NS(=O)(=O)c3ccc(Cl)c4ccccc34)c2C1.Cl. The molecule has 3 aromatic carbocycles. The number of rotatable bonds is 3. The minimum absolute atomic E-state index is 0. The van der Waals surface area contributed by atoms with Gasteiger partial charge < -0.3 is 4.90 Å². The summed E-state index contributed by atoms with van der Waals surface area (Å²) in [7, 11) is -1.69. The second-order valence-corrected chi connectivity index (χ2v) is 8.69. The van der Waals surface area contributed by atoms with Crippen molar-refractivity contribution in [2.45, 2.75) is 17.9 Å². The van der Waals surface area contributed by atoms with Gasteiger partial charge in [0.1, 0.15) is 0 Å². The summed E-state index contributed by atoms with van der Waals surface area (Å²) >= 11 is 6.23. The number of likely N-dealkylation sites (N-methyl/N-ethyl adjacent to an activating group) is 1. The van der Waals surface area contributed by atoms with E-state index in [-0.39, 0.29) is 17.3 Å². The summed E-state index contributed by atoms with van der Waals surface area (Å²) in [6.45, 7) is 1.71. The molecule has 0 saturated heterocycles. The summed E-state index contributed by atoms with van der Waals surface area (Å²) in [6, 6.07) is 16.3. The Hall–Kier alpha value is -1.79. The number of halogens is 2. The third kappa shape index (κ3) is 3.78. The maximum absolute atomic E-state index is 13.1. The zero-order chi connectivity index (χ0) is 18.3. The van der Waals surface area contributed by atoms with Crippen LogP contribution in [0.2, 0.25) is 5.02 Å². The Morgan fingerprint density at radius 1 is 1.00 bits per heavy atom. The number of hydrogen-bond acceptors (Lipinski definition) is 3. The highest BCUT2D eigenvalue weighted by molar-refractivity contribution is 7.93. The van der Waals surface area contributed by atoms with Crippen LogP contribution in [0, 0.1) is 0 Å². The molecule has 0 amide bonds. The summed E-state index contributed by atoms with van der Waals surface area (Å²) in [5.74, 6) is 0. The maximum Gasteiger partial charge on any atom is 0.262 e. The molecule has 142 valence electrons. The van der Waals surface area contributed by atoms with Crippen molar-refractivity contribution in [3.63, 3.8) is 0 Å². The van der Waals surface area contributed by atoms with Gasteiger partial charge in [0.15, 0.2) is 0 Å². The normalized spacial score (nSPS) is 14.4. The first-order valence-electron chi connectivity index (χ1n) is 8.45. The Morgan fingerprint density at radius 2 is 1.74 bits per heavy atom. The van der Waals surface area contributed by atoms with Crippen molar-refractivity contribution in [1.82, 2.24) is 4.90 Å². The van der Waals surface area contributed by atoms with Crippen LogP contribution in [0.25, 0.3) is 10.8 Å². The number of nitrogens with one attached hydrogen (secondary N) is 1. The van der Waals surface area contributed by atoms with Crippen LogP contribution in [0.3, 0.4) is 0 Å². The van der Waals surface area contributed by atoms with E-state index in [1.165, 1.54) is 5.56 Å². The largest absolute Gasteiger partial charge is 0.302 e. The van der Waals surface area contributed by atoms with Crippen molar-refractivity contribution in [2.24, 2.45) is 0 Å². The van der Waals surface area contributed by atoms with Crippen LogP contribution in [-0.4, -0.2) is 26.9 Å². The van der Waals surface area contributed by atoms with Crippen LogP contribution in [0.4, 0.5) is 5.69 Å². The molecule has 4 nitrogen and oxygen atoms in total. The van der Waals surface area contributed by atoms with E-state index in [0.29, 0.717) is 16.1 Å². The van der Waals surface area contributed by atoms with E-state index >= 15 is 0 Å². The monoisotopic (exact) mass is 422 g/mol. The Labute approximate surface area is 170 Å². The minimum Gasteiger partial charge on any atom is -0.302 e. The van der Waals surface area contributed by atoms with Gasteiger partial charge in [-0.1, -0.05) is 48.0 Å². The Kier molecular flexibility index (Phi) is 5.68. The fourth-order valence-electron chi connectivity index (χ4n) is 3.48. The second kappa shape index (κ2) is 7.68. The summed E-state index contributed by atoms with van der Waals surface area (Å²) in [6.07, 6.45) is 0.922. The Bertz CT molecular complexity index is 1100. The van der Waals surface area contributed by atoms with Crippen LogP contribution in [0.5, 0.6) is 0 Å². The maximum atomic E-state index is 13.1. The molecule has 4 rings (SSSR count). The van der Waals surface area contributed by atoms with E-state index in [1.54, 1.807) is 18.2 Å². The van der Waals surface area contributed by atoms with E-state index in [2.05, 4.69) is 15.7 Å². The van der Waals surface area contributed by atoms with Gasteiger partial charge in [0.25, 0.3) is 10.0 Å². The zero-order valence-corrected chi connectivity index (χ0v) is 17.2. The number of fused-ring (bicyclic) bond motifs is 2. The van der Waals surface area contributed by atoms with Crippen molar-refractivity contribution in [3.8, 4) is 0 Å². The van der Waals surface area contributed by atoms with Gasteiger partial charge in [-0.2, -0.15) is 0 Å². The molecule has 1 heterocycles. The fourth-order valence-corrected chi connectivity index (χ4v) is 5.01. The average Bonchev–Trinajstić information content (AvgIpc) is 2.62. The number of sulfonamides is 1. The van der Waals surface area contributed by atoms with Gasteiger partial charge in [-0.3, -0.25) is 4.72 Å². The lowest BCUT2D eigenvalue weighted by atomic mass is 9.99. The van der Waals surface area contributed by atoms with Crippen LogP contribution >= 0.6 is 24.0 Å². The molecule has 0 spiro atoms. The number of nitrogens with zero attached hydrogens (tertiary/aromatic N) is 1. The molecule has 1 aliphatic rings. The smallest absolute Gasteiger partial charge is 0.262 e. The quantitative estimate of drug-likeness (QED) is 0.664. The van der Waals surface area contributed by atoms with E-state index < -0.39 is 10.0 Å². The average molecular weight is 423 g/mol. The minimum atomic E-state index is -3.73. The summed E-state index contributed by atoms with van der Waals surface area (Å²) < 4.78 is 29.1. The molecule has 0 radical (unpaired) electrons. The van der Waals surface area contributed by atoms with E-state index in [4.69, 9.17) is 11.6 Å². The molecule has 0 aliphatic carbocycles. The van der Waals surface area contributed by atoms with Crippen molar-refractivity contribution in [3.05, 3.63) is 70.7 Å². The molecule has 0 atom stereocenters. The predicted octanol–water partition coefficient (Wildman–Crippen LogP) is 4.70. The van der Waals surface area contributed by atoms with Crippen molar-refractivity contribution in [1.29, 1.82) is 0 Å². The fraction of sp³-hybridized carbons (Fsp3) is 0.200. The first-order chi connectivity index (χ1) is 12.5. The Morgan fingerprint density at radius 3 is 2.52 bits per heavy atom. The first kappa shape index (κ1) is 20.0. The third-order valence-electron chi connectivity index (χ3n) is 4.83. The molecular formula is C20H20Cl2N2O2S. The summed E-state index contributed by atoms with van der Waals surface area (Å²) in [5, 5.41) is 1.89. The van der Waals surface area contributed by atoms with Gasteiger partial charge in [-0.05, 0) is 42.8 Å². The zero-order valence-electron chi connectivity index (χ0n) is 14.8. The third-order valence-corrected chi connectivity index (χ3v) is 6.58. The standard InChI is InChI=1S/C20H19ClN2O2S.ClH/c1-23-12-11-14-5-4-8-19(17(14)13-23)22-26(24,25)20-10-9-18(21)15-6-2-3-7-16(15)20;/h2-10,22H,11-13H2,1H3;1H. The highest BCUT2D eigenvalue weighted by atomic mass is 35.5. The molecule has 0 bridgehead atoms. The van der Waals surface area contributed by atoms with Gasteiger partial charge in [-0.25, -0.2) is 8.42 Å². The van der Waals surface area contributed by atoms with E-state index in [9.17, 15) is 8.42 Å². The number of anilines is 1. The molecular weight excluding hydrogens is 403 g/mol. The predicted molar refractivity (Wildman–Crippen MR) is 113 cm³/mol. The molecule has 0 saturated carbocycles. The van der Waals surface area contributed by atoms with Gasteiger partial charge in [-0.15, -0.1) is 12.4 Å². The summed E-state index contributed by atoms with van der Waals surface area (Å²) in [4.78, 5) is 2.43. The highest BCUT2D eigenvalue weighted by Crippen LogP contribution is 2.32. The lowest BCUT2D eigenvalue weighted by molar-refractivity contribution is 0.313. The summed E-state index contributed by atoms with van der Waals surface area (Å²) in [5.41, 5.74) is 2.89. The molecule has 0 unspecified atom stereocenters. The van der Waals surface area contributed by atoms with Crippen molar-refractivity contribution >= 4 is 50.5 Å². The van der Waals surface area contributed by atoms with Gasteiger partial charge in [0.2, 0.25) is 0 Å². The lowest BCUT2D eigenvalue weighted by Crippen LogP contribution is -2.28. The first-order valence-corrected chi connectivity index (χ1v) is 10.3. The molecule has 7 heteroatoms. The number of benzene rings is 3. The molecule has 3 aromatic rings. The molecule has 1 aliphatic heterocycles. The van der Waals surface area contributed by atoms with Crippen LogP contribution in [0.1, 0.15) is 11.1 Å². The second-order valence-electron chi connectivity index (χ2n) is 6.63. The number of hydrogen-bond donors (Lipinski definition) is 1. The molecule has 27 heavy (non-hydrogen) atoms. The van der Waals surface area contributed by atoms with Crippen molar-refractivity contribution < 1.29 is 8.42 Å². The van der Waals surface area contributed by atoms with Crippen LogP contribution < -0.4 is 4.72 Å². The highest BCUT2D eigenvalue weighted by Gasteiger charge is 2.22. The van der Waals surface area contributed by atoms with Crippen LogP contribution in [0.15, 0.2) is 59.5 Å². The molecule has 1 N–H and O–H groups in total. The lowest BCUT2D eigenvalue weighted by Gasteiger charge is -2.27. The van der Waals surface area contributed by atoms with Gasteiger partial charge >= 0.3 is 0 Å². The Balaban J connectivity index is 0.00000210. The van der Waals surface area contributed by atoms with Gasteiger partial charge in [0.05, 0.1) is 10.6 Å². The van der Waals surface area contributed by atoms with E-state index in [1.807, 2.05) is 37.4 Å². The molecule has 0 fully saturated rings. The van der Waals surface area contributed by atoms with E-state index in [0.717, 1.165) is 30.5 Å². The van der Waals surface area contributed by atoms with Crippen molar-refractivity contribution in [2.75, 3.05) is 18.3 Å². The van der Waals surface area contributed by atoms with Crippen LogP contribution in [-0.2, 0) is 23.0 Å². The molecule has 0 aromatic heterocycles. The topological polar surface area (TPSA) is 49.4 Å². The van der Waals surface area contributed by atoms with Gasteiger partial charge in [0, 0.05) is 28.9 Å².